The largest absolute Gasteiger partial charge is 0.322 e. The van der Waals surface area contributed by atoms with Gasteiger partial charge in [-0.3, -0.25) is 4.79 Å². The highest BCUT2D eigenvalue weighted by atomic mass is 35.5. The molecular weight excluding hydrogens is 354 g/mol. The molecule has 0 atom stereocenters. The highest BCUT2D eigenvalue weighted by molar-refractivity contribution is 7.21. The number of fused-ring (bicyclic) bond motifs is 1. The maximum absolute atomic E-state index is 12.2. The van der Waals surface area contributed by atoms with E-state index in [9.17, 15) is 4.79 Å². The number of carbonyl (C=O) groups excluding carboxylic acids is 1. The Bertz CT molecular complexity index is 1030. The number of carbonyl (C=O) groups is 1. The minimum atomic E-state index is -0.225. The molecule has 1 amide bonds. The molecule has 0 radical (unpaired) electrons. The number of pyridine rings is 1. The van der Waals surface area contributed by atoms with Gasteiger partial charge in [0.2, 0.25) is 0 Å². The van der Waals surface area contributed by atoms with Crippen LogP contribution in [0.1, 0.15) is 10.4 Å². The first-order valence-electron chi connectivity index (χ1n) is 7.58. The summed E-state index contributed by atoms with van der Waals surface area (Å²) in [5.74, 6) is -0.225. The summed E-state index contributed by atoms with van der Waals surface area (Å²) < 4.78 is 1.16. The van der Waals surface area contributed by atoms with Crippen molar-refractivity contribution < 1.29 is 4.79 Å². The second-order valence-electron chi connectivity index (χ2n) is 5.39. The average Bonchev–Trinajstić information content (AvgIpc) is 3.06. The van der Waals surface area contributed by atoms with Crippen LogP contribution in [0.5, 0.6) is 0 Å². The maximum atomic E-state index is 12.2. The minimum Gasteiger partial charge on any atom is -0.322 e. The quantitative estimate of drug-likeness (QED) is 0.503. The van der Waals surface area contributed by atoms with E-state index in [0.29, 0.717) is 16.4 Å². The lowest BCUT2D eigenvalue weighted by molar-refractivity contribution is 0.102. The zero-order chi connectivity index (χ0) is 17.2. The number of para-hydroxylation sites is 1. The third-order valence-electron chi connectivity index (χ3n) is 3.67. The molecule has 122 valence electrons. The van der Waals surface area contributed by atoms with Crippen LogP contribution >= 0.6 is 22.9 Å². The zero-order valence-corrected chi connectivity index (χ0v) is 14.5. The van der Waals surface area contributed by atoms with Crippen LogP contribution in [0, 0.1) is 0 Å². The van der Waals surface area contributed by atoms with Crippen molar-refractivity contribution in [3.05, 3.63) is 77.6 Å². The van der Waals surface area contributed by atoms with E-state index in [2.05, 4.69) is 21.4 Å². The van der Waals surface area contributed by atoms with Crippen LogP contribution < -0.4 is 5.32 Å². The molecule has 0 aliphatic rings. The summed E-state index contributed by atoms with van der Waals surface area (Å²) in [6.07, 6.45) is 1.51. The predicted octanol–water partition coefficient (Wildman–Crippen LogP) is 5.26. The highest BCUT2D eigenvalue weighted by Crippen LogP contribution is 2.30. The number of halogens is 1. The van der Waals surface area contributed by atoms with Gasteiger partial charge < -0.3 is 5.32 Å². The van der Waals surface area contributed by atoms with Gasteiger partial charge >= 0.3 is 0 Å². The summed E-state index contributed by atoms with van der Waals surface area (Å²) in [5.41, 5.74) is 3.19. The van der Waals surface area contributed by atoms with Crippen molar-refractivity contribution in [2.24, 2.45) is 0 Å². The van der Waals surface area contributed by atoms with E-state index in [1.54, 1.807) is 17.4 Å². The number of thiazole rings is 1. The standard InChI is InChI=1S/C19H12ClN3OS/c20-17-11-13(9-10-21-17)18(24)22-14-7-5-12(6-8-14)19-23-15-3-1-2-4-16(15)25-19/h1-11H,(H,22,24). The van der Waals surface area contributed by atoms with E-state index < -0.39 is 0 Å². The van der Waals surface area contributed by atoms with Gasteiger partial charge in [0.15, 0.2) is 0 Å². The summed E-state index contributed by atoms with van der Waals surface area (Å²) in [6, 6.07) is 18.8. The minimum absolute atomic E-state index is 0.225. The van der Waals surface area contributed by atoms with Gasteiger partial charge in [-0.15, -0.1) is 11.3 Å². The lowest BCUT2D eigenvalue weighted by Gasteiger charge is -2.06. The smallest absolute Gasteiger partial charge is 0.255 e. The summed E-state index contributed by atoms with van der Waals surface area (Å²) in [7, 11) is 0. The van der Waals surface area contributed by atoms with Crippen LogP contribution in [0.3, 0.4) is 0 Å². The number of aromatic nitrogens is 2. The molecule has 4 nitrogen and oxygen atoms in total. The van der Waals surface area contributed by atoms with E-state index in [1.807, 2.05) is 42.5 Å². The predicted molar refractivity (Wildman–Crippen MR) is 102 cm³/mol. The van der Waals surface area contributed by atoms with E-state index in [1.165, 1.54) is 12.3 Å². The van der Waals surface area contributed by atoms with Crippen LogP contribution in [0.2, 0.25) is 5.15 Å². The van der Waals surface area contributed by atoms with E-state index in [-0.39, 0.29) is 5.91 Å². The molecule has 0 saturated heterocycles. The Hall–Kier alpha value is -2.76. The molecule has 1 N–H and O–H groups in total. The van der Waals surface area contributed by atoms with Crippen LogP contribution in [-0.2, 0) is 0 Å². The topological polar surface area (TPSA) is 54.9 Å². The summed E-state index contributed by atoms with van der Waals surface area (Å²) >= 11 is 7.47. The van der Waals surface area contributed by atoms with E-state index >= 15 is 0 Å². The van der Waals surface area contributed by atoms with Crippen LogP contribution in [0.25, 0.3) is 20.8 Å². The van der Waals surface area contributed by atoms with Crippen molar-refractivity contribution in [1.29, 1.82) is 0 Å². The fourth-order valence-corrected chi connectivity index (χ4v) is 3.58. The number of hydrogen-bond acceptors (Lipinski definition) is 4. The fourth-order valence-electron chi connectivity index (χ4n) is 2.44. The Morgan fingerprint density at radius 3 is 2.60 bits per heavy atom. The molecule has 0 aliphatic carbocycles. The molecule has 2 aromatic carbocycles. The summed E-state index contributed by atoms with van der Waals surface area (Å²) in [5, 5.41) is 4.10. The number of benzene rings is 2. The first-order chi connectivity index (χ1) is 12.2. The summed E-state index contributed by atoms with van der Waals surface area (Å²) in [6.45, 7) is 0. The average molecular weight is 366 g/mol. The molecule has 0 unspecified atom stereocenters. The molecule has 0 saturated carbocycles. The number of nitrogens with one attached hydrogen (secondary N) is 1. The van der Waals surface area contributed by atoms with E-state index in [4.69, 9.17) is 11.6 Å². The van der Waals surface area contributed by atoms with Crippen molar-refractivity contribution in [2.45, 2.75) is 0 Å². The number of nitrogens with zero attached hydrogens (tertiary/aromatic N) is 2. The van der Waals surface area contributed by atoms with Gasteiger partial charge in [-0.1, -0.05) is 23.7 Å². The van der Waals surface area contributed by atoms with Crippen molar-refractivity contribution in [3.63, 3.8) is 0 Å². The highest BCUT2D eigenvalue weighted by Gasteiger charge is 2.09. The third kappa shape index (κ3) is 3.38. The second-order valence-corrected chi connectivity index (χ2v) is 6.80. The Morgan fingerprint density at radius 1 is 1.04 bits per heavy atom. The molecule has 4 rings (SSSR count). The van der Waals surface area contributed by atoms with Crippen LogP contribution in [0.4, 0.5) is 5.69 Å². The maximum Gasteiger partial charge on any atom is 0.255 e. The van der Waals surface area contributed by atoms with Crippen molar-refractivity contribution in [3.8, 4) is 10.6 Å². The van der Waals surface area contributed by atoms with Crippen LogP contribution in [0.15, 0.2) is 66.9 Å². The third-order valence-corrected chi connectivity index (χ3v) is 4.96. The van der Waals surface area contributed by atoms with Crippen LogP contribution in [-0.4, -0.2) is 15.9 Å². The Labute approximate surface area is 153 Å². The molecule has 25 heavy (non-hydrogen) atoms. The van der Waals surface area contributed by atoms with Gasteiger partial charge in [0, 0.05) is 23.0 Å². The first-order valence-corrected chi connectivity index (χ1v) is 8.77. The van der Waals surface area contributed by atoms with Gasteiger partial charge in [-0.2, -0.15) is 0 Å². The van der Waals surface area contributed by atoms with Gasteiger partial charge in [0.05, 0.1) is 10.2 Å². The van der Waals surface area contributed by atoms with Crippen molar-refractivity contribution in [2.75, 3.05) is 5.32 Å². The number of rotatable bonds is 3. The molecule has 0 bridgehead atoms. The normalized spacial score (nSPS) is 10.8. The molecule has 0 spiro atoms. The van der Waals surface area contributed by atoms with E-state index in [0.717, 1.165) is 20.8 Å². The number of anilines is 1. The lowest BCUT2D eigenvalue weighted by Crippen LogP contribution is -2.11. The Balaban J connectivity index is 1.54. The van der Waals surface area contributed by atoms with Gasteiger partial charge in [-0.25, -0.2) is 9.97 Å². The first kappa shape index (κ1) is 15.7. The van der Waals surface area contributed by atoms with Gasteiger partial charge in [0.25, 0.3) is 5.91 Å². The zero-order valence-electron chi connectivity index (χ0n) is 12.9. The fraction of sp³-hybridized carbons (Fsp3) is 0. The molecule has 2 aromatic heterocycles. The molecular formula is C19H12ClN3OS. The number of hydrogen-bond donors (Lipinski definition) is 1. The van der Waals surface area contributed by atoms with Gasteiger partial charge in [-0.05, 0) is 48.5 Å². The van der Waals surface area contributed by atoms with Crippen molar-refractivity contribution >= 4 is 44.7 Å². The second kappa shape index (κ2) is 6.63. The SMILES string of the molecule is O=C(Nc1ccc(-c2nc3ccccc3s2)cc1)c1ccnc(Cl)c1. The molecule has 0 fully saturated rings. The molecule has 4 aromatic rings. The van der Waals surface area contributed by atoms with Gasteiger partial charge in [0.1, 0.15) is 10.2 Å². The molecule has 0 aliphatic heterocycles. The molecule has 6 heteroatoms. The lowest BCUT2D eigenvalue weighted by atomic mass is 10.2. The monoisotopic (exact) mass is 365 g/mol. The van der Waals surface area contributed by atoms with Crippen molar-refractivity contribution in [1.82, 2.24) is 9.97 Å². The number of amides is 1. The molecule has 2 heterocycles. The Kier molecular flexibility index (Phi) is 4.17. The summed E-state index contributed by atoms with van der Waals surface area (Å²) in [4.78, 5) is 20.7. The Morgan fingerprint density at radius 2 is 1.84 bits per heavy atom.